The molecule has 2 heterocycles. The number of fused-ring (bicyclic) bond motifs is 3. The smallest absolute Gasteiger partial charge is 0.355 e. The molecule has 0 radical (unpaired) electrons. The molecule has 120 valence electrons. The average molecular weight is 318 g/mol. The van der Waals surface area contributed by atoms with Gasteiger partial charge in [0.15, 0.2) is 0 Å². The van der Waals surface area contributed by atoms with Crippen LogP contribution in [0.2, 0.25) is 0 Å². The molecule has 4 aromatic rings. The van der Waals surface area contributed by atoms with E-state index in [1.807, 2.05) is 48.1 Å². The second-order valence-corrected chi connectivity index (χ2v) is 5.92. The lowest BCUT2D eigenvalue weighted by Crippen LogP contribution is -2.11. The largest absolute Gasteiger partial charge is 0.464 e. The molecule has 0 aliphatic carbocycles. The van der Waals surface area contributed by atoms with E-state index in [4.69, 9.17) is 4.74 Å². The zero-order chi connectivity index (χ0) is 16.7. The summed E-state index contributed by atoms with van der Waals surface area (Å²) in [6.45, 7) is 0.633. The van der Waals surface area contributed by atoms with Crippen LogP contribution in [0.5, 0.6) is 0 Å². The fourth-order valence-electron chi connectivity index (χ4n) is 3.39. The SMILES string of the molecule is COC(=O)c1c2c3ccccc3n(C)c2cn1Cc1ccccc1. The summed E-state index contributed by atoms with van der Waals surface area (Å²) in [4.78, 5) is 12.5. The standard InChI is InChI=1S/C20H18N2O2/c1-21-16-11-7-6-10-15(16)18-17(21)13-22(19(18)20(23)24-2)12-14-8-4-3-5-9-14/h3-11,13H,12H2,1-2H3. The Balaban J connectivity index is 2.00. The van der Waals surface area contributed by atoms with Gasteiger partial charge in [0.25, 0.3) is 0 Å². The van der Waals surface area contributed by atoms with Crippen molar-refractivity contribution in [3.8, 4) is 0 Å². The number of rotatable bonds is 3. The highest BCUT2D eigenvalue weighted by atomic mass is 16.5. The van der Waals surface area contributed by atoms with Gasteiger partial charge in [0.1, 0.15) is 5.69 Å². The van der Waals surface area contributed by atoms with Crippen molar-refractivity contribution < 1.29 is 9.53 Å². The molecule has 4 heteroatoms. The number of aromatic nitrogens is 2. The predicted octanol–water partition coefficient (Wildman–Crippen LogP) is 3.97. The summed E-state index contributed by atoms with van der Waals surface area (Å²) >= 11 is 0. The van der Waals surface area contributed by atoms with Crippen LogP contribution in [0.3, 0.4) is 0 Å². The summed E-state index contributed by atoms with van der Waals surface area (Å²) in [6.07, 6.45) is 2.04. The minimum absolute atomic E-state index is 0.308. The molecule has 2 aromatic carbocycles. The van der Waals surface area contributed by atoms with Gasteiger partial charge in [0.2, 0.25) is 0 Å². The summed E-state index contributed by atoms with van der Waals surface area (Å²) in [7, 11) is 3.46. The Morgan fingerprint density at radius 3 is 2.46 bits per heavy atom. The maximum absolute atomic E-state index is 12.5. The average Bonchev–Trinajstić information content (AvgIpc) is 3.11. The van der Waals surface area contributed by atoms with E-state index in [0.717, 1.165) is 27.4 Å². The van der Waals surface area contributed by atoms with Crippen LogP contribution in [0.15, 0.2) is 60.8 Å². The van der Waals surface area contributed by atoms with E-state index in [1.165, 1.54) is 7.11 Å². The first-order valence-electron chi connectivity index (χ1n) is 7.89. The van der Waals surface area contributed by atoms with E-state index in [9.17, 15) is 4.79 Å². The predicted molar refractivity (Wildman–Crippen MR) is 95.3 cm³/mol. The molecular weight excluding hydrogens is 300 g/mol. The lowest BCUT2D eigenvalue weighted by Gasteiger charge is -2.09. The number of methoxy groups -OCH3 is 1. The van der Waals surface area contributed by atoms with Crippen LogP contribution in [-0.2, 0) is 18.3 Å². The molecule has 0 saturated carbocycles. The number of carbonyl (C=O) groups is 1. The van der Waals surface area contributed by atoms with Crippen molar-refractivity contribution in [3.63, 3.8) is 0 Å². The fourth-order valence-corrected chi connectivity index (χ4v) is 3.39. The Morgan fingerprint density at radius 1 is 1.00 bits per heavy atom. The zero-order valence-corrected chi connectivity index (χ0v) is 13.7. The van der Waals surface area contributed by atoms with Crippen molar-refractivity contribution in [2.45, 2.75) is 6.54 Å². The Kier molecular flexibility index (Phi) is 3.38. The van der Waals surface area contributed by atoms with Crippen molar-refractivity contribution >= 4 is 27.8 Å². The lowest BCUT2D eigenvalue weighted by atomic mass is 10.1. The monoisotopic (exact) mass is 318 g/mol. The Bertz CT molecular complexity index is 1040. The maximum atomic E-state index is 12.5. The summed E-state index contributed by atoms with van der Waals surface area (Å²) in [5.74, 6) is -0.308. The topological polar surface area (TPSA) is 36.2 Å². The molecule has 0 fully saturated rings. The van der Waals surface area contributed by atoms with Gasteiger partial charge in [-0.15, -0.1) is 0 Å². The normalized spacial score (nSPS) is 11.2. The third-order valence-electron chi connectivity index (χ3n) is 4.53. The van der Waals surface area contributed by atoms with Gasteiger partial charge in [-0.2, -0.15) is 0 Å². The molecule has 0 bridgehead atoms. The van der Waals surface area contributed by atoms with E-state index in [0.29, 0.717) is 12.2 Å². The first-order valence-corrected chi connectivity index (χ1v) is 7.89. The number of esters is 1. The molecule has 0 atom stereocenters. The third kappa shape index (κ3) is 2.11. The minimum atomic E-state index is -0.308. The highest BCUT2D eigenvalue weighted by Crippen LogP contribution is 2.33. The number of carbonyl (C=O) groups excluding carboxylic acids is 1. The second-order valence-electron chi connectivity index (χ2n) is 5.92. The number of benzene rings is 2. The van der Waals surface area contributed by atoms with Crippen LogP contribution in [0, 0.1) is 0 Å². The van der Waals surface area contributed by atoms with Crippen molar-refractivity contribution in [2.75, 3.05) is 7.11 Å². The number of ether oxygens (including phenoxy) is 1. The van der Waals surface area contributed by atoms with E-state index in [2.05, 4.69) is 28.8 Å². The van der Waals surface area contributed by atoms with Crippen LogP contribution in [0.4, 0.5) is 0 Å². The third-order valence-corrected chi connectivity index (χ3v) is 4.53. The Labute approximate surface area is 139 Å². The van der Waals surface area contributed by atoms with Gasteiger partial charge in [-0.05, 0) is 11.6 Å². The Hall–Kier alpha value is -3.01. The highest BCUT2D eigenvalue weighted by Gasteiger charge is 2.22. The summed E-state index contributed by atoms with van der Waals surface area (Å²) in [6, 6.07) is 18.2. The fraction of sp³-hybridized carbons (Fsp3) is 0.150. The second kappa shape index (κ2) is 5.57. The number of aryl methyl sites for hydroxylation is 1. The van der Waals surface area contributed by atoms with Crippen LogP contribution in [-0.4, -0.2) is 22.2 Å². The van der Waals surface area contributed by atoms with E-state index in [-0.39, 0.29) is 5.97 Å². The molecule has 0 aliphatic rings. The molecule has 0 saturated heterocycles. The number of hydrogen-bond acceptors (Lipinski definition) is 2. The molecule has 0 spiro atoms. The van der Waals surface area contributed by atoms with Gasteiger partial charge in [-0.3, -0.25) is 0 Å². The van der Waals surface area contributed by atoms with Gasteiger partial charge < -0.3 is 13.9 Å². The molecule has 0 aliphatic heterocycles. The van der Waals surface area contributed by atoms with Gasteiger partial charge in [0, 0.05) is 36.1 Å². The zero-order valence-electron chi connectivity index (χ0n) is 13.7. The first-order chi connectivity index (χ1) is 11.7. The van der Waals surface area contributed by atoms with E-state index in [1.54, 1.807) is 0 Å². The van der Waals surface area contributed by atoms with Crippen LogP contribution >= 0.6 is 0 Å². The van der Waals surface area contributed by atoms with Crippen LogP contribution < -0.4 is 0 Å². The molecule has 0 N–H and O–H groups in total. The first kappa shape index (κ1) is 14.6. The van der Waals surface area contributed by atoms with Gasteiger partial charge in [-0.1, -0.05) is 48.5 Å². The van der Waals surface area contributed by atoms with Crippen molar-refractivity contribution in [1.82, 2.24) is 9.13 Å². The molecule has 0 unspecified atom stereocenters. The Morgan fingerprint density at radius 2 is 1.71 bits per heavy atom. The molecule has 0 amide bonds. The summed E-state index contributed by atoms with van der Waals surface area (Å²) in [5.41, 5.74) is 3.90. The van der Waals surface area contributed by atoms with Gasteiger partial charge in [0.05, 0.1) is 12.6 Å². The molecule has 24 heavy (non-hydrogen) atoms. The van der Waals surface area contributed by atoms with Crippen molar-refractivity contribution in [2.24, 2.45) is 7.05 Å². The van der Waals surface area contributed by atoms with Crippen LogP contribution in [0.25, 0.3) is 21.8 Å². The summed E-state index contributed by atoms with van der Waals surface area (Å²) in [5, 5.41) is 2.03. The number of nitrogens with zero attached hydrogens (tertiary/aromatic N) is 2. The maximum Gasteiger partial charge on any atom is 0.355 e. The number of para-hydroxylation sites is 1. The summed E-state index contributed by atoms with van der Waals surface area (Å²) < 4.78 is 9.18. The van der Waals surface area contributed by atoms with Gasteiger partial charge in [-0.25, -0.2) is 4.79 Å². The van der Waals surface area contributed by atoms with E-state index >= 15 is 0 Å². The molecule has 4 nitrogen and oxygen atoms in total. The minimum Gasteiger partial charge on any atom is -0.464 e. The van der Waals surface area contributed by atoms with E-state index < -0.39 is 0 Å². The quantitative estimate of drug-likeness (QED) is 0.536. The molecule has 4 rings (SSSR count). The highest BCUT2D eigenvalue weighted by molar-refractivity contribution is 6.16. The molecular formula is C20H18N2O2. The lowest BCUT2D eigenvalue weighted by molar-refractivity contribution is 0.0591. The number of hydrogen-bond donors (Lipinski definition) is 0. The van der Waals surface area contributed by atoms with Crippen LogP contribution in [0.1, 0.15) is 16.1 Å². The van der Waals surface area contributed by atoms with Crippen molar-refractivity contribution in [3.05, 3.63) is 72.1 Å². The van der Waals surface area contributed by atoms with Gasteiger partial charge >= 0.3 is 5.97 Å². The van der Waals surface area contributed by atoms with Crippen molar-refractivity contribution in [1.29, 1.82) is 0 Å². The molecule has 2 aromatic heterocycles.